The lowest BCUT2D eigenvalue weighted by Gasteiger charge is -2.23. The lowest BCUT2D eigenvalue weighted by Crippen LogP contribution is -2.33. The summed E-state index contributed by atoms with van der Waals surface area (Å²) in [5, 5.41) is 2.55. The van der Waals surface area contributed by atoms with Crippen LogP contribution in [0.25, 0.3) is 0 Å². The number of nitrogens with one attached hydrogen (secondary N) is 1. The molecule has 160 valence electrons. The topological polar surface area (TPSA) is 72.5 Å². The van der Waals surface area contributed by atoms with Crippen molar-refractivity contribution in [1.29, 1.82) is 0 Å². The van der Waals surface area contributed by atoms with Gasteiger partial charge in [-0.15, -0.1) is 0 Å². The van der Waals surface area contributed by atoms with Crippen molar-refractivity contribution in [2.24, 2.45) is 11.8 Å². The molecule has 6 heteroatoms. The molecule has 0 bridgehead atoms. The number of rotatable bonds is 10. The van der Waals surface area contributed by atoms with E-state index in [1.807, 2.05) is 37.3 Å². The lowest BCUT2D eigenvalue weighted by atomic mass is 10.1. The molecule has 1 fully saturated rings. The minimum absolute atomic E-state index is 0.0445. The zero-order chi connectivity index (χ0) is 21.7. The first kappa shape index (κ1) is 22.2. The summed E-state index contributed by atoms with van der Waals surface area (Å²) in [6.45, 7) is 8.53. The molecule has 3 rings (SSSR count). The van der Waals surface area contributed by atoms with Crippen molar-refractivity contribution in [1.82, 2.24) is 5.32 Å². The molecule has 0 aromatic heterocycles. The Bertz CT molecular complexity index is 973. The normalized spacial score (nSPS) is 20.2. The second kappa shape index (κ2) is 9.58. The molecule has 1 aliphatic carbocycles. The minimum Gasteiger partial charge on any atom is -0.466 e. The van der Waals surface area contributed by atoms with E-state index in [9.17, 15) is 13.2 Å². The number of hydrogen-bond donors (Lipinski definition) is 1. The predicted molar refractivity (Wildman–Crippen MR) is 118 cm³/mol. The first-order valence-corrected chi connectivity index (χ1v) is 11.8. The Balaban J connectivity index is 1.79. The molecule has 0 unspecified atom stereocenters. The van der Waals surface area contributed by atoms with Crippen LogP contribution in [0.4, 0.5) is 0 Å². The minimum atomic E-state index is -3.68. The standard InChI is InChI=1S/C24H29NO4S/c1-4-29-24(26)22-15-21(22)23(30(27,28)20-13-9-6-10-14-20)17(2)16-25-18(3)19-11-7-5-8-12-19/h5-14,18,21-23,25H,2,4,15-16H2,1,3H3/t18-,21+,22-,23+/m0/s1. The average molecular weight is 428 g/mol. The van der Waals surface area contributed by atoms with Gasteiger partial charge < -0.3 is 10.1 Å². The first-order chi connectivity index (χ1) is 14.4. The number of hydrogen-bond acceptors (Lipinski definition) is 5. The number of ether oxygens (including phenoxy) is 1. The number of esters is 1. The van der Waals surface area contributed by atoms with E-state index in [0.29, 0.717) is 18.5 Å². The number of sulfone groups is 1. The third-order valence-corrected chi connectivity index (χ3v) is 7.84. The van der Waals surface area contributed by atoms with Crippen LogP contribution in [0.3, 0.4) is 0 Å². The van der Waals surface area contributed by atoms with Crippen LogP contribution in [-0.2, 0) is 19.4 Å². The number of benzene rings is 2. The molecule has 1 N–H and O–H groups in total. The van der Waals surface area contributed by atoms with E-state index in [4.69, 9.17) is 4.74 Å². The van der Waals surface area contributed by atoms with Crippen LogP contribution in [0.1, 0.15) is 31.9 Å². The van der Waals surface area contributed by atoms with Gasteiger partial charge in [0.15, 0.2) is 9.84 Å². The van der Waals surface area contributed by atoms with Gasteiger partial charge in [0.05, 0.1) is 22.7 Å². The third kappa shape index (κ3) is 4.99. The summed E-state index contributed by atoms with van der Waals surface area (Å²) < 4.78 is 32.0. The van der Waals surface area contributed by atoms with Gasteiger partial charge in [0, 0.05) is 12.6 Å². The van der Waals surface area contributed by atoms with E-state index in [-0.39, 0.29) is 29.4 Å². The van der Waals surface area contributed by atoms with Crippen LogP contribution in [-0.4, -0.2) is 32.8 Å². The van der Waals surface area contributed by atoms with Crippen molar-refractivity contribution in [2.45, 2.75) is 36.5 Å². The van der Waals surface area contributed by atoms with Crippen LogP contribution in [0.2, 0.25) is 0 Å². The van der Waals surface area contributed by atoms with E-state index in [0.717, 1.165) is 5.56 Å². The van der Waals surface area contributed by atoms with Gasteiger partial charge in [-0.05, 0) is 49.5 Å². The zero-order valence-corrected chi connectivity index (χ0v) is 18.3. The fourth-order valence-corrected chi connectivity index (χ4v) is 5.94. The highest BCUT2D eigenvalue weighted by atomic mass is 32.2. The second-order valence-corrected chi connectivity index (χ2v) is 9.78. The van der Waals surface area contributed by atoms with E-state index in [1.54, 1.807) is 37.3 Å². The summed E-state index contributed by atoms with van der Waals surface area (Å²) in [7, 11) is -3.68. The van der Waals surface area contributed by atoms with Crippen molar-refractivity contribution >= 4 is 15.8 Å². The van der Waals surface area contributed by atoms with Gasteiger partial charge in [-0.1, -0.05) is 55.1 Å². The van der Waals surface area contributed by atoms with Gasteiger partial charge in [0.1, 0.15) is 0 Å². The van der Waals surface area contributed by atoms with Gasteiger partial charge in [-0.25, -0.2) is 8.42 Å². The fourth-order valence-electron chi connectivity index (χ4n) is 3.82. The highest BCUT2D eigenvalue weighted by Crippen LogP contribution is 2.48. The van der Waals surface area contributed by atoms with Crippen molar-refractivity contribution < 1.29 is 17.9 Å². The second-order valence-electron chi connectivity index (χ2n) is 7.71. The molecule has 30 heavy (non-hydrogen) atoms. The molecule has 2 aromatic rings. The molecular formula is C24H29NO4S. The number of carbonyl (C=O) groups is 1. The fraction of sp³-hybridized carbons (Fsp3) is 0.375. The Hall–Kier alpha value is -2.44. The Morgan fingerprint density at radius 3 is 2.33 bits per heavy atom. The van der Waals surface area contributed by atoms with Crippen molar-refractivity contribution in [3.8, 4) is 0 Å². The molecule has 5 nitrogen and oxygen atoms in total. The highest BCUT2D eigenvalue weighted by molar-refractivity contribution is 7.92. The predicted octanol–water partition coefficient (Wildman–Crippen LogP) is 3.94. The highest BCUT2D eigenvalue weighted by Gasteiger charge is 2.54. The van der Waals surface area contributed by atoms with Crippen LogP contribution in [0.15, 0.2) is 77.7 Å². The van der Waals surface area contributed by atoms with Gasteiger partial charge in [0.25, 0.3) is 0 Å². The maximum Gasteiger partial charge on any atom is 0.309 e. The molecule has 0 aliphatic heterocycles. The van der Waals surface area contributed by atoms with Crippen LogP contribution in [0.5, 0.6) is 0 Å². The average Bonchev–Trinajstić information content (AvgIpc) is 3.53. The summed E-state index contributed by atoms with van der Waals surface area (Å²) in [6, 6.07) is 18.4. The molecule has 1 aliphatic rings. The van der Waals surface area contributed by atoms with E-state index in [1.165, 1.54) is 0 Å². The Morgan fingerprint density at radius 1 is 1.13 bits per heavy atom. The molecule has 0 spiro atoms. The van der Waals surface area contributed by atoms with Crippen molar-refractivity contribution in [3.63, 3.8) is 0 Å². The summed E-state index contributed by atoms with van der Waals surface area (Å²) in [5.74, 6) is -1.03. The van der Waals surface area contributed by atoms with Gasteiger partial charge in [0.2, 0.25) is 0 Å². The maximum absolute atomic E-state index is 13.5. The molecule has 0 radical (unpaired) electrons. The number of carbonyl (C=O) groups excluding carboxylic acids is 1. The van der Waals surface area contributed by atoms with Crippen LogP contribution < -0.4 is 5.32 Å². The smallest absolute Gasteiger partial charge is 0.309 e. The molecule has 2 aromatic carbocycles. The molecular weight excluding hydrogens is 398 g/mol. The Labute approximate surface area is 179 Å². The molecule has 1 saturated carbocycles. The molecule has 4 atom stereocenters. The monoisotopic (exact) mass is 427 g/mol. The van der Waals surface area contributed by atoms with E-state index < -0.39 is 21.0 Å². The summed E-state index contributed by atoms with van der Waals surface area (Å²) in [4.78, 5) is 12.4. The Kier molecular flexibility index (Phi) is 7.10. The SMILES string of the molecule is C=C(CN[C@@H](C)c1ccccc1)[C@H]([C@@H]1C[C@@H]1C(=O)OCC)S(=O)(=O)c1ccccc1. The zero-order valence-electron chi connectivity index (χ0n) is 17.5. The summed E-state index contributed by atoms with van der Waals surface area (Å²) >= 11 is 0. The van der Waals surface area contributed by atoms with E-state index >= 15 is 0 Å². The quantitative estimate of drug-likeness (QED) is 0.459. The van der Waals surface area contributed by atoms with E-state index in [2.05, 4.69) is 11.9 Å². The van der Waals surface area contributed by atoms with Gasteiger partial charge in [-0.2, -0.15) is 0 Å². The molecule has 0 heterocycles. The maximum atomic E-state index is 13.5. The van der Waals surface area contributed by atoms with Crippen LogP contribution in [0, 0.1) is 11.8 Å². The third-order valence-electron chi connectivity index (χ3n) is 5.56. The largest absolute Gasteiger partial charge is 0.466 e. The van der Waals surface area contributed by atoms with Crippen molar-refractivity contribution in [2.75, 3.05) is 13.2 Å². The van der Waals surface area contributed by atoms with Gasteiger partial charge in [-0.3, -0.25) is 4.79 Å². The first-order valence-electron chi connectivity index (χ1n) is 10.3. The van der Waals surface area contributed by atoms with Gasteiger partial charge >= 0.3 is 5.97 Å². The molecule has 0 saturated heterocycles. The summed E-state index contributed by atoms with van der Waals surface area (Å²) in [5.41, 5.74) is 1.68. The summed E-state index contributed by atoms with van der Waals surface area (Å²) in [6.07, 6.45) is 0.503. The van der Waals surface area contributed by atoms with Crippen molar-refractivity contribution in [3.05, 3.63) is 78.4 Å². The lowest BCUT2D eigenvalue weighted by molar-refractivity contribution is -0.145. The van der Waals surface area contributed by atoms with Crippen LogP contribution >= 0.6 is 0 Å². The Morgan fingerprint density at radius 2 is 1.73 bits per heavy atom. The molecule has 0 amide bonds.